The molecule has 0 spiro atoms. The van der Waals surface area contributed by atoms with Gasteiger partial charge in [0.25, 0.3) is 5.91 Å². The highest BCUT2D eigenvalue weighted by Crippen LogP contribution is 2.33. The number of nitrogens with one attached hydrogen (secondary N) is 1. The Balaban J connectivity index is 2.38. The van der Waals surface area contributed by atoms with Gasteiger partial charge in [0.1, 0.15) is 0 Å². The molecule has 0 saturated heterocycles. The zero-order chi connectivity index (χ0) is 15.6. The molecule has 0 atom stereocenters. The third-order valence-electron chi connectivity index (χ3n) is 2.66. The van der Waals surface area contributed by atoms with Gasteiger partial charge in [-0.25, -0.2) is 0 Å². The van der Waals surface area contributed by atoms with Gasteiger partial charge in [-0.2, -0.15) is 0 Å². The number of phenols is 1. The van der Waals surface area contributed by atoms with Crippen LogP contribution < -0.4 is 5.32 Å². The number of carbonyl (C=O) groups is 1. The fourth-order valence-corrected chi connectivity index (χ4v) is 2.86. The fourth-order valence-electron chi connectivity index (χ4n) is 1.66. The lowest BCUT2D eigenvalue weighted by atomic mass is 10.1. The van der Waals surface area contributed by atoms with Crippen molar-refractivity contribution in [2.75, 3.05) is 5.32 Å². The van der Waals surface area contributed by atoms with Crippen molar-refractivity contribution in [3.8, 4) is 5.75 Å². The molecule has 0 bridgehead atoms. The minimum absolute atomic E-state index is 0.174. The number of halogens is 2. The lowest BCUT2D eigenvalue weighted by Gasteiger charge is -2.10. The Bertz CT molecular complexity index is 714. The predicted molar refractivity (Wildman–Crippen MR) is 84.6 cm³/mol. The molecule has 2 rings (SSSR count). The highest BCUT2D eigenvalue weighted by molar-refractivity contribution is 9.11. The average Bonchev–Trinajstić information content (AvgIpc) is 2.42. The van der Waals surface area contributed by atoms with E-state index in [0.29, 0.717) is 14.6 Å². The van der Waals surface area contributed by atoms with E-state index in [1.165, 1.54) is 12.1 Å². The number of aromatic hydroxyl groups is 1. The van der Waals surface area contributed by atoms with Gasteiger partial charge in [0.15, 0.2) is 0 Å². The van der Waals surface area contributed by atoms with Crippen molar-refractivity contribution in [2.45, 2.75) is 0 Å². The lowest BCUT2D eigenvalue weighted by Crippen LogP contribution is -2.13. The van der Waals surface area contributed by atoms with Gasteiger partial charge in [-0.05, 0) is 50.1 Å². The predicted octanol–water partition coefficient (Wildman–Crippen LogP) is 4.08. The molecule has 0 aliphatic carbocycles. The molecular weight excluding hydrogens is 408 g/mol. The average molecular weight is 416 g/mol. The number of benzene rings is 2. The molecule has 2 N–H and O–H groups in total. The molecule has 21 heavy (non-hydrogen) atoms. The second kappa shape index (κ2) is 6.23. The smallest absolute Gasteiger partial charge is 0.311 e. The van der Waals surface area contributed by atoms with Crippen molar-refractivity contribution in [3.05, 3.63) is 61.0 Å². The summed E-state index contributed by atoms with van der Waals surface area (Å²) in [5, 5.41) is 23.2. The third-order valence-corrected chi connectivity index (χ3v) is 3.98. The number of nitrogens with zero attached hydrogens (tertiary/aromatic N) is 1. The molecule has 0 aliphatic rings. The Labute approximate surface area is 136 Å². The van der Waals surface area contributed by atoms with Crippen molar-refractivity contribution in [2.24, 2.45) is 0 Å². The summed E-state index contributed by atoms with van der Waals surface area (Å²) in [4.78, 5) is 22.2. The summed E-state index contributed by atoms with van der Waals surface area (Å²) in [5.74, 6) is -1.31. The van der Waals surface area contributed by atoms with Crippen LogP contribution in [0.5, 0.6) is 5.75 Å². The summed E-state index contributed by atoms with van der Waals surface area (Å²) in [6.45, 7) is 0. The Kier molecular flexibility index (Phi) is 4.59. The van der Waals surface area contributed by atoms with Gasteiger partial charge in [-0.3, -0.25) is 14.9 Å². The second-order valence-corrected chi connectivity index (χ2v) is 5.69. The van der Waals surface area contributed by atoms with E-state index in [1.807, 2.05) is 0 Å². The van der Waals surface area contributed by atoms with Crippen molar-refractivity contribution < 1.29 is 14.8 Å². The number of phenolic OH excluding ortho intramolecular Hbond substituents is 1. The van der Waals surface area contributed by atoms with E-state index in [9.17, 15) is 20.0 Å². The van der Waals surface area contributed by atoms with E-state index in [1.54, 1.807) is 18.2 Å². The third kappa shape index (κ3) is 3.22. The SMILES string of the molecule is O=C(Nc1c(Br)cccc1Br)c1cccc([N+](=O)[O-])c1O. The number of hydrogen-bond acceptors (Lipinski definition) is 4. The topological polar surface area (TPSA) is 92.5 Å². The molecule has 0 aromatic heterocycles. The summed E-state index contributed by atoms with van der Waals surface area (Å²) in [6, 6.07) is 9.00. The van der Waals surface area contributed by atoms with Crippen LogP contribution in [0.1, 0.15) is 10.4 Å². The van der Waals surface area contributed by atoms with Crippen molar-refractivity contribution in [1.82, 2.24) is 0 Å². The molecule has 0 aliphatic heterocycles. The largest absolute Gasteiger partial charge is 0.502 e. The lowest BCUT2D eigenvalue weighted by molar-refractivity contribution is -0.385. The fraction of sp³-hybridized carbons (Fsp3) is 0. The van der Waals surface area contributed by atoms with Crippen molar-refractivity contribution in [1.29, 1.82) is 0 Å². The molecule has 0 radical (unpaired) electrons. The number of nitro benzene ring substituents is 1. The van der Waals surface area contributed by atoms with Gasteiger partial charge in [0.05, 0.1) is 16.2 Å². The van der Waals surface area contributed by atoms with Gasteiger partial charge >= 0.3 is 5.69 Å². The molecule has 1 amide bonds. The zero-order valence-corrected chi connectivity index (χ0v) is 13.5. The Morgan fingerprint density at radius 3 is 2.29 bits per heavy atom. The van der Waals surface area contributed by atoms with Crippen LogP contribution >= 0.6 is 31.9 Å². The second-order valence-electron chi connectivity index (χ2n) is 3.98. The number of amides is 1. The summed E-state index contributed by atoms with van der Waals surface area (Å²) >= 11 is 6.58. The number of hydrogen-bond donors (Lipinski definition) is 2. The monoisotopic (exact) mass is 414 g/mol. The number of rotatable bonds is 3. The highest BCUT2D eigenvalue weighted by Gasteiger charge is 2.21. The van der Waals surface area contributed by atoms with Crippen molar-refractivity contribution >= 4 is 49.1 Å². The molecule has 108 valence electrons. The number of para-hydroxylation sites is 2. The van der Waals surface area contributed by atoms with Gasteiger partial charge in [0, 0.05) is 15.0 Å². The minimum atomic E-state index is -0.750. The summed E-state index contributed by atoms with van der Waals surface area (Å²) in [5.41, 5.74) is -0.228. The van der Waals surface area contributed by atoms with Gasteiger partial charge in [-0.1, -0.05) is 12.1 Å². The Morgan fingerprint density at radius 2 is 1.71 bits per heavy atom. The number of anilines is 1. The maximum Gasteiger partial charge on any atom is 0.311 e. The quantitative estimate of drug-likeness (QED) is 0.583. The number of nitro groups is 1. The van der Waals surface area contributed by atoms with Crippen LogP contribution in [0.2, 0.25) is 0 Å². The van der Waals surface area contributed by atoms with Gasteiger partial charge in [0.2, 0.25) is 5.75 Å². The first-order chi connectivity index (χ1) is 9.91. The molecule has 6 nitrogen and oxygen atoms in total. The van der Waals surface area contributed by atoms with Gasteiger partial charge in [-0.15, -0.1) is 0 Å². The van der Waals surface area contributed by atoms with E-state index in [2.05, 4.69) is 37.2 Å². The Hall–Kier alpha value is -1.93. The van der Waals surface area contributed by atoms with Crippen molar-refractivity contribution in [3.63, 3.8) is 0 Å². The van der Waals surface area contributed by atoms with Crippen LogP contribution in [-0.2, 0) is 0 Å². The molecule has 0 heterocycles. The van der Waals surface area contributed by atoms with Gasteiger partial charge < -0.3 is 10.4 Å². The standard InChI is InChI=1S/C13H8Br2N2O4/c14-8-4-2-5-9(15)11(8)16-13(19)7-3-1-6-10(12(7)18)17(20)21/h1-6,18H,(H,16,19). The van der Waals surface area contributed by atoms with E-state index in [0.717, 1.165) is 6.07 Å². The number of carbonyl (C=O) groups excluding carboxylic acids is 1. The molecule has 8 heteroatoms. The maximum absolute atomic E-state index is 12.2. The van der Waals surface area contributed by atoms with Crippen LogP contribution in [0.3, 0.4) is 0 Å². The highest BCUT2D eigenvalue weighted by atomic mass is 79.9. The van der Waals surface area contributed by atoms with Crippen LogP contribution in [-0.4, -0.2) is 15.9 Å². The van der Waals surface area contributed by atoms with E-state index >= 15 is 0 Å². The molecule has 2 aromatic rings. The minimum Gasteiger partial charge on any atom is -0.502 e. The van der Waals surface area contributed by atoms with E-state index in [-0.39, 0.29) is 5.56 Å². The first-order valence-corrected chi connectivity index (χ1v) is 7.22. The van der Waals surface area contributed by atoms with Crippen LogP contribution in [0.15, 0.2) is 45.3 Å². The molecule has 0 unspecified atom stereocenters. The van der Waals surface area contributed by atoms with Crippen LogP contribution in [0, 0.1) is 10.1 Å². The normalized spacial score (nSPS) is 10.2. The molecular formula is C13H8Br2N2O4. The van der Waals surface area contributed by atoms with E-state index in [4.69, 9.17) is 0 Å². The van der Waals surface area contributed by atoms with Crippen LogP contribution in [0.25, 0.3) is 0 Å². The first kappa shape index (κ1) is 15.5. The van der Waals surface area contributed by atoms with Crippen LogP contribution in [0.4, 0.5) is 11.4 Å². The van der Waals surface area contributed by atoms with E-state index < -0.39 is 22.3 Å². The first-order valence-electron chi connectivity index (χ1n) is 5.63. The molecule has 0 saturated carbocycles. The summed E-state index contributed by atoms with van der Waals surface area (Å²) in [7, 11) is 0. The summed E-state index contributed by atoms with van der Waals surface area (Å²) in [6.07, 6.45) is 0. The Morgan fingerprint density at radius 1 is 1.14 bits per heavy atom. The summed E-state index contributed by atoms with van der Waals surface area (Å²) < 4.78 is 1.27. The molecule has 0 fully saturated rings. The molecule has 2 aromatic carbocycles. The zero-order valence-electron chi connectivity index (χ0n) is 10.3. The maximum atomic E-state index is 12.2.